The lowest BCUT2D eigenvalue weighted by Crippen LogP contribution is -1.99. The van der Waals surface area contributed by atoms with Crippen molar-refractivity contribution in [3.05, 3.63) is 42.0 Å². The minimum absolute atomic E-state index is 0.292. The highest BCUT2D eigenvalue weighted by molar-refractivity contribution is 5.56. The van der Waals surface area contributed by atoms with Gasteiger partial charge in [-0.3, -0.25) is 0 Å². The van der Waals surface area contributed by atoms with Gasteiger partial charge in [-0.15, -0.1) is 0 Å². The summed E-state index contributed by atoms with van der Waals surface area (Å²) in [5, 5.41) is 0. The van der Waals surface area contributed by atoms with Crippen LogP contribution in [0.5, 0.6) is 5.75 Å². The topological polar surface area (TPSA) is 35.0 Å². The summed E-state index contributed by atoms with van der Waals surface area (Å²) in [7, 11) is 0. The molecule has 1 heterocycles. The molecule has 4 heteroatoms. The van der Waals surface area contributed by atoms with E-state index in [9.17, 15) is 4.39 Å². The third-order valence-electron chi connectivity index (χ3n) is 4.22. The van der Waals surface area contributed by atoms with E-state index in [4.69, 9.17) is 4.74 Å². The third-order valence-corrected chi connectivity index (χ3v) is 4.22. The number of unbranched alkanes of at least 4 members (excludes halogenated alkanes) is 5. The molecule has 3 nitrogen and oxygen atoms in total. The SMILES string of the molecule is CCCCCCCc1cnc(-c2ccc(OCCCC)c(F)c2)nc1. The van der Waals surface area contributed by atoms with Crippen molar-refractivity contribution in [3.8, 4) is 17.1 Å². The smallest absolute Gasteiger partial charge is 0.165 e. The van der Waals surface area contributed by atoms with Crippen LogP contribution in [0.3, 0.4) is 0 Å². The van der Waals surface area contributed by atoms with Crippen LogP contribution in [0.25, 0.3) is 11.4 Å². The predicted molar refractivity (Wildman–Crippen MR) is 100 cm³/mol. The fraction of sp³-hybridized carbons (Fsp3) is 0.524. The van der Waals surface area contributed by atoms with Crippen molar-refractivity contribution in [1.29, 1.82) is 0 Å². The van der Waals surface area contributed by atoms with E-state index >= 15 is 0 Å². The van der Waals surface area contributed by atoms with Crippen molar-refractivity contribution < 1.29 is 9.13 Å². The Kier molecular flexibility index (Phi) is 8.36. The fourth-order valence-electron chi connectivity index (χ4n) is 2.65. The van der Waals surface area contributed by atoms with Gasteiger partial charge in [0.25, 0.3) is 0 Å². The van der Waals surface area contributed by atoms with Crippen LogP contribution >= 0.6 is 0 Å². The van der Waals surface area contributed by atoms with Crippen LogP contribution in [0.15, 0.2) is 30.6 Å². The van der Waals surface area contributed by atoms with E-state index in [1.54, 1.807) is 6.07 Å². The highest BCUT2D eigenvalue weighted by Crippen LogP contribution is 2.23. The first-order valence-electron chi connectivity index (χ1n) is 9.48. The molecule has 1 aromatic carbocycles. The minimum atomic E-state index is -0.364. The number of hydrogen-bond acceptors (Lipinski definition) is 3. The van der Waals surface area contributed by atoms with Gasteiger partial charge in [0.15, 0.2) is 17.4 Å². The molecule has 0 aliphatic carbocycles. The number of aromatic nitrogens is 2. The van der Waals surface area contributed by atoms with Crippen LogP contribution in [0.2, 0.25) is 0 Å². The molecule has 0 bridgehead atoms. The van der Waals surface area contributed by atoms with Gasteiger partial charge in [0.2, 0.25) is 0 Å². The summed E-state index contributed by atoms with van der Waals surface area (Å²) in [6, 6.07) is 4.91. The first-order valence-corrected chi connectivity index (χ1v) is 9.48. The summed E-state index contributed by atoms with van der Waals surface area (Å²) in [4.78, 5) is 8.78. The Morgan fingerprint density at radius 3 is 2.32 bits per heavy atom. The summed E-state index contributed by atoms with van der Waals surface area (Å²) in [5.41, 5.74) is 1.81. The van der Waals surface area contributed by atoms with E-state index in [0.29, 0.717) is 23.7 Å². The lowest BCUT2D eigenvalue weighted by atomic mass is 10.1. The molecule has 0 unspecified atom stereocenters. The molecule has 0 aliphatic heterocycles. The second kappa shape index (κ2) is 10.8. The first kappa shape index (κ1) is 19.4. The lowest BCUT2D eigenvalue weighted by molar-refractivity contribution is 0.294. The van der Waals surface area contributed by atoms with Crippen LogP contribution < -0.4 is 4.74 Å². The highest BCUT2D eigenvalue weighted by Gasteiger charge is 2.08. The van der Waals surface area contributed by atoms with Crippen molar-refractivity contribution >= 4 is 0 Å². The molecule has 0 amide bonds. The second-order valence-corrected chi connectivity index (χ2v) is 6.43. The molecule has 2 rings (SSSR count). The highest BCUT2D eigenvalue weighted by atomic mass is 19.1. The van der Waals surface area contributed by atoms with Crippen LogP contribution in [0.4, 0.5) is 4.39 Å². The zero-order chi connectivity index (χ0) is 17.9. The molecule has 2 aromatic rings. The van der Waals surface area contributed by atoms with Gasteiger partial charge in [-0.1, -0.05) is 46.0 Å². The standard InChI is InChI=1S/C21H29FN2O/c1-3-5-7-8-9-10-17-15-23-21(24-16-17)18-11-12-20(19(22)14-18)25-13-6-4-2/h11-12,14-16H,3-10,13H2,1-2H3. The van der Waals surface area contributed by atoms with Gasteiger partial charge in [-0.2, -0.15) is 0 Å². The average Bonchev–Trinajstić information content (AvgIpc) is 2.63. The van der Waals surface area contributed by atoms with Crippen molar-refractivity contribution in [3.63, 3.8) is 0 Å². The summed E-state index contributed by atoms with van der Waals surface area (Å²) in [6.07, 6.45) is 12.9. The van der Waals surface area contributed by atoms with Gasteiger partial charge in [-0.05, 0) is 43.0 Å². The molecule has 0 N–H and O–H groups in total. The molecule has 0 aliphatic rings. The Bertz CT molecular complexity index is 628. The van der Waals surface area contributed by atoms with Crippen molar-refractivity contribution in [2.45, 2.75) is 65.2 Å². The van der Waals surface area contributed by atoms with E-state index < -0.39 is 0 Å². The maximum Gasteiger partial charge on any atom is 0.165 e. The van der Waals surface area contributed by atoms with Gasteiger partial charge >= 0.3 is 0 Å². The Balaban J connectivity index is 1.91. The van der Waals surface area contributed by atoms with E-state index in [-0.39, 0.29) is 5.82 Å². The molecule has 0 radical (unpaired) electrons. The molecule has 25 heavy (non-hydrogen) atoms. The molecule has 136 valence electrons. The van der Waals surface area contributed by atoms with Crippen LogP contribution in [-0.4, -0.2) is 16.6 Å². The minimum Gasteiger partial charge on any atom is -0.491 e. The average molecular weight is 344 g/mol. The fourth-order valence-corrected chi connectivity index (χ4v) is 2.65. The summed E-state index contributed by atoms with van der Waals surface area (Å²) < 4.78 is 19.6. The Labute approximate surface area is 150 Å². The van der Waals surface area contributed by atoms with Gasteiger partial charge in [0, 0.05) is 18.0 Å². The molecule has 1 aromatic heterocycles. The third kappa shape index (κ3) is 6.45. The zero-order valence-electron chi connectivity index (χ0n) is 15.4. The van der Waals surface area contributed by atoms with Gasteiger partial charge in [-0.25, -0.2) is 14.4 Å². The number of halogens is 1. The zero-order valence-corrected chi connectivity index (χ0v) is 15.4. The Hall–Kier alpha value is -1.97. The van der Waals surface area contributed by atoms with E-state index in [1.807, 2.05) is 18.5 Å². The number of rotatable bonds is 11. The van der Waals surface area contributed by atoms with Crippen molar-refractivity contribution in [2.24, 2.45) is 0 Å². The molecular weight excluding hydrogens is 315 g/mol. The van der Waals surface area contributed by atoms with Crippen LogP contribution in [0, 0.1) is 5.82 Å². The Morgan fingerprint density at radius 1 is 0.920 bits per heavy atom. The monoisotopic (exact) mass is 344 g/mol. The summed E-state index contributed by atoms with van der Waals surface area (Å²) in [5.74, 6) is 0.479. The number of ether oxygens (including phenoxy) is 1. The molecule has 0 fully saturated rings. The molecular formula is C21H29FN2O. The number of benzene rings is 1. The summed E-state index contributed by atoms with van der Waals surface area (Å²) in [6.45, 7) is 4.84. The molecule has 0 saturated carbocycles. The molecule has 0 atom stereocenters. The van der Waals surface area contributed by atoms with Crippen LogP contribution in [0.1, 0.15) is 64.4 Å². The number of hydrogen-bond donors (Lipinski definition) is 0. The number of nitrogens with zero attached hydrogens (tertiary/aromatic N) is 2. The van der Waals surface area contributed by atoms with E-state index in [1.165, 1.54) is 38.2 Å². The van der Waals surface area contributed by atoms with E-state index in [0.717, 1.165) is 24.8 Å². The normalized spacial score (nSPS) is 10.8. The lowest BCUT2D eigenvalue weighted by Gasteiger charge is -2.08. The van der Waals surface area contributed by atoms with Gasteiger partial charge < -0.3 is 4.74 Å². The first-order chi connectivity index (χ1) is 12.2. The van der Waals surface area contributed by atoms with Gasteiger partial charge in [0.1, 0.15) is 0 Å². The largest absolute Gasteiger partial charge is 0.491 e. The molecule has 0 saturated heterocycles. The molecule has 0 spiro atoms. The van der Waals surface area contributed by atoms with Crippen molar-refractivity contribution in [1.82, 2.24) is 9.97 Å². The number of aryl methyl sites for hydroxylation is 1. The van der Waals surface area contributed by atoms with Crippen LogP contribution in [-0.2, 0) is 6.42 Å². The van der Waals surface area contributed by atoms with Crippen molar-refractivity contribution in [2.75, 3.05) is 6.61 Å². The summed E-state index contributed by atoms with van der Waals surface area (Å²) >= 11 is 0. The maximum absolute atomic E-state index is 14.1. The maximum atomic E-state index is 14.1. The quantitative estimate of drug-likeness (QED) is 0.471. The Morgan fingerprint density at radius 2 is 1.64 bits per heavy atom. The second-order valence-electron chi connectivity index (χ2n) is 6.43. The predicted octanol–water partition coefficient (Wildman–Crippen LogP) is 5.97. The van der Waals surface area contributed by atoms with Gasteiger partial charge in [0.05, 0.1) is 6.61 Å². The van der Waals surface area contributed by atoms with E-state index in [2.05, 4.69) is 23.8 Å².